The van der Waals surface area contributed by atoms with Gasteiger partial charge in [0.1, 0.15) is 0 Å². The molecule has 0 bridgehead atoms. The van der Waals surface area contributed by atoms with Crippen LogP contribution < -0.4 is 0 Å². The van der Waals surface area contributed by atoms with E-state index in [-0.39, 0.29) is 6.61 Å². The van der Waals surface area contributed by atoms with Gasteiger partial charge in [-0.15, -0.1) is 0 Å². The molecule has 0 amide bonds. The molecule has 1 saturated heterocycles. The van der Waals surface area contributed by atoms with Crippen LogP contribution in [0.5, 0.6) is 0 Å². The van der Waals surface area contributed by atoms with Crippen LogP contribution in [0.1, 0.15) is 0 Å². The Labute approximate surface area is 72.7 Å². The first-order chi connectivity index (χ1) is 5.86. The third-order valence-corrected chi connectivity index (χ3v) is 2.08. The monoisotopic (exact) mass is 175 g/mol. The number of hydrogen-bond donors (Lipinski definition) is 2. The summed E-state index contributed by atoms with van der Waals surface area (Å²) in [6.07, 6.45) is 0. The zero-order valence-electron chi connectivity index (χ0n) is 7.28. The van der Waals surface area contributed by atoms with Crippen LogP contribution in [-0.2, 0) is 4.74 Å². The molecule has 0 aliphatic carbocycles. The predicted octanol–water partition coefficient (Wildman–Crippen LogP) is -1.08. The van der Waals surface area contributed by atoms with Gasteiger partial charge >= 0.3 is 0 Å². The lowest BCUT2D eigenvalue weighted by Gasteiger charge is -2.38. The first-order valence-electron chi connectivity index (χ1n) is 4.38. The summed E-state index contributed by atoms with van der Waals surface area (Å²) < 4.78 is 5.10. The lowest BCUT2D eigenvalue weighted by molar-refractivity contribution is 0.0175. The summed E-state index contributed by atoms with van der Waals surface area (Å²) in [6.45, 7) is 4.39. The minimum atomic E-state index is 0.0965. The molecule has 0 saturated carbocycles. The molecule has 0 spiro atoms. The summed E-state index contributed by atoms with van der Waals surface area (Å²) in [7, 11) is 0. The summed E-state index contributed by atoms with van der Waals surface area (Å²) in [6, 6.07) is 0. The Morgan fingerprint density at radius 2 is 2.00 bits per heavy atom. The molecule has 1 aliphatic heterocycles. The van der Waals surface area contributed by atoms with Crippen LogP contribution in [-0.4, -0.2) is 61.2 Å². The van der Waals surface area contributed by atoms with Crippen LogP contribution >= 0.6 is 0 Å². The minimum absolute atomic E-state index is 0.0965. The van der Waals surface area contributed by atoms with Gasteiger partial charge in [0.2, 0.25) is 0 Å². The second-order valence-electron chi connectivity index (χ2n) is 3.14. The predicted molar refractivity (Wildman–Crippen MR) is 44.9 cm³/mol. The van der Waals surface area contributed by atoms with Crippen molar-refractivity contribution in [3.63, 3.8) is 0 Å². The van der Waals surface area contributed by atoms with Gasteiger partial charge in [0.15, 0.2) is 0 Å². The van der Waals surface area contributed by atoms with Crippen molar-refractivity contribution < 1.29 is 14.9 Å². The molecule has 1 aliphatic rings. The highest BCUT2D eigenvalue weighted by atomic mass is 16.5. The number of nitrogens with zero attached hydrogens (tertiary/aromatic N) is 1. The number of ether oxygens (including phenoxy) is 1. The topological polar surface area (TPSA) is 52.9 Å². The normalized spacial score (nSPS) is 19.5. The molecule has 1 rings (SSSR count). The van der Waals surface area contributed by atoms with Crippen molar-refractivity contribution in [2.45, 2.75) is 0 Å². The fourth-order valence-electron chi connectivity index (χ4n) is 1.34. The molecule has 4 nitrogen and oxygen atoms in total. The van der Waals surface area contributed by atoms with E-state index in [9.17, 15) is 0 Å². The standard InChI is InChI=1S/C8H17NO3/c10-2-4-12-3-1-9-5-8(6-9)7-11/h8,10-11H,1-7H2. The van der Waals surface area contributed by atoms with Crippen molar-refractivity contribution in [2.24, 2.45) is 5.92 Å². The Morgan fingerprint density at radius 3 is 2.58 bits per heavy atom. The highest BCUT2D eigenvalue weighted by Gasteiger charge is 2.24. The largest absolute Gasteiger partial charge is 0.396 e. The van der Waals surface area contributed by atoms with E-state index in [0.717, 1.165) is 19.6 Å². The summed E-state index contributed by atoms with van der Waals surface area (Å²) in [5.74, 6) is 0.475. The van der Waals surface area contributed by atoms with Crippen molar-refractivity contribution in [1.82, 2.24) is 4.90 Å². The number of aliphatic hydroxyl groups excluding tert-OH is 2. The van der Waals surface area contributed by atoms with Gasteiger partial charge in [0.05, 0.1) is 19.8 Å². The van der Waals surface area contributed by atoms with Crippen molar-refractivity contribution >= 4 is 0 Å². The molecule has 0 aromatic rings. The van der Waals surface area contributed by atoms with E-state index in [1.54, 1.807) is 0 Å². The second kappa shape index (κ2) is 5.48. The zero-order valence-corrected chi connectivity index (χ0v) is 7.28. The number of rotatable bonds is 6. The van der Waals surface area contributed by atoms with E-state index < -0.39 is 0 Å². The average molecular weight is 175 g/mol. The maximum absolute atomic E-state index is 8.72. The van der Waals surface area contributed by atoms with Crippen LogP contribution in [0.4, 0.5) is 0 Å². The van der Waals surface area contributed by atoms with Gasteiger partial charge in [-0.25, -0.2) is 0 Å². The highest BCUT2D eigenvalue weighted by molar-refractivity contribution is 4.78. The third-order valence-electron chi connectivity index (χ3n) is 2.08. The number of aliphatic hydroxyl groups is 2. The lowest BCUT2D eigenvalue weighted by atomic mass is 10.0. The molecule has 2 N–H and O–H groups in total. The second-order valence-corrected chi connectivity index (χ2v) is 3.14. The fraction of sp³-hybridized carbons (Fsp3) is 1.00. The van der Waals surface area contributed by atoms with Gasteiger partial charge < -0.3 is 19.8 Å². The Bertz CT molecular complexity index is 115. The smallest absolute Gasteiger partial charge is 0.0698 e. The minimum Gasteiger partial charge on any atom is -0.396 e. The van der Waals surface area contributed by atoms with Gasteiger partial charge in [0.25, 0.3) is 0 Å². The average Bonchev–Trinajstić information content (AvgIpc) is 2.01. The number of likely N-dealkylation sites (tertiary alicyclic amines) is 1. The molecule has 1 heterocycles. The van der Waals surface area contributed by atoms with Gasteiger partial charge in [-0.1, -0.05) is 0 Å². The number of hydrogen-bond acceptors (Lipinski definition) is 4. The Balaban J connectivity index is 1.83. The quantitative estimate of drug-likeness (QED) is 0.504. The summed E-state index contributed by atoms with van der Waals surface area (Å²) >= 11 is 0. The summed E-state index contributed by atoms with van der Waals surface area (Å²) in [5.41, 5.74) is 0. The molecule has 12 heavy (non-hydrogen) atoms. The Kier molecular flexibility index (Phi) is 4.53. The summed E-state index contributed by atoms with van der Waals surface area (Å²) in [5, 5.41) is 17.1. The molecule has 4 heteroatoms. The first-order valence-corrected chi connectivity index (χ1v) is 4.38. The molecule has 1 fully saturated rings. The van der Waals surface area contributed by atoms with E-state index in [1.807, 2.05) is 0 Å². The van der Waals surface area contributed by atoms with Crippen LogP contribution in [0.15, 0.2) is 0 Å². The lowest BCUT2D eigenvalue weighted by Crippen LogP contribution is -2.49. The molecule has 0 radical (unpaired) electrons. The molecule has 72 valence electrons. The van der Waals surface area contributed by atoms with Crippen molar-refractivity contribution in [2.75, 3.05) is 46.1 Å². The fourth-order valence-corrected chi connectivity index (χ4v) is 1.34. The first kappa shape index (κ1) is 9.92. The maximum Gasteiger partial charge on any atom is 0.0698 e. The molecule has 0 unspecified atom stereocenters. The SMILES string of the molecule is OCCOCCN1CC(CO)C1. The molecular formula is C8H17NO3. The van der Waals surface area contributed by atoms with Crippen LogP contribution in [0.25, 0.3) is 0 Å². The van der Waals surface area contributed by atoms with Gasteiger partial charge in [-0.3, -0.25) is 0 Å². The molecule has 0 aromatic heterocycles. The van der Waals surface area contributed by atoms with Gasteiger partial charge in [0, 0.05) is 32.2 Å². The highest BCUT2D eigenvalue weighted by Crippen LogP contribution is 2.13. The van der Waals surface area contributed by atoms with Gasteiger partial charge in [-0.2, -0.15) is 0 Å². The van der Waals surface area contributed by atoms with E-state index >= 15 is 0 Å². The van der Waals surface area contributed by atoms with Crippen molar-refractivity contribution in [3.8, 4) is 0 Å². The maximum atomic E-state index is 8.72. The van der Waals surface area contributed by atoms with Crippen molar-refractivity contribution in [3.05, 3.63) is 0 Å². The van der Waals surface area contributed by atoms with Gasteiger partial charge in [-0.05, 0) is 0 Å². The van der Waals surface area contributed by atoms with E-state index in [2.05, 4.69) is 4.90 Å². The summed E-state index contributed by atoms with van der Waals surface area (Å²) in [4.78, 5) is 2.23. The van der Waals surface area contributed by atoms with Crippen molar-refractivity contribution in [1.29, 1.82) is 0 Å². The molecule has 0 aromatic carbocycles. The van der Waals surface area contributed by atoms with E-state index in [1.165, 1.54) is 0 Å². The Hall–Kier alpha value is -0.160. The van der Waals surface area contributed by atoms with Crippen LogP contribution in [0.2, 0.25) is 0 Å². The molecule has 0 atom stereocenters. The Morgan fingerprint density at radius 1 is 1.25 bits per heavy atom. The zero-order chi connectivity index (χ0) is 8.81. The van der Waals surface area contributed by atoms with E-state index in [0.29, 0.717) is 25.7 Å². The van der Waals surface area contributed by atoms with Crippen LogP contribution in [0.3, 0.4) is 0 Å². The molecular weight excluding hydrogens is 158 g/mol. The van der Waals surface area contributed by atoms with Crippen LogP contribution in [0, 0.1) is 5.92 Å². The van der Waals surface area contributed by atoms with E-state index in [4.69, 9.17) is 14.9 Å². The third kappa shape index (κ3) is 3.06.